The number of rotatable bonds is 4. The van der Waals surface area contributed by atoms with Crippen LogP contribution in [0.4, 0.5) is 0 Å². The van der Waals surface area contributed by atoms with E-state index in [2.05, 4.69) is 21.2 Å². The van der Waals surface area contributed by atoms with Crippen molar-refractivity contribution in [3.05, 3.63) is 34.3 Å². The van der Waals surface area contributed by atoms with Gasteiger partial charge in [0.05, 0.1) is 6.42 Å². The molecule has 0 aliphatic heterocycles. The van der Waals surface area contributed by atoms with Crippen molar-refractivity contribution >= 4 is 27.8 Å². The maximum Gasteiger partial charge on any atom is 0.325 e. The highest BCUT2D eigenvalue weighted by atomic mass is 79.9. The Hall–Kier alpha value is -1.36. The van der Waals surface area contributed by atoms with Crippen LogP contribution in [0.1, 0.15) is 12.5 Å². The van der Waals surface area contributed by atoms with Gasteiger partial charge in [0, 0.05) is 4.47 Å². The summed E-state index contributed by atoms with van der Waals surface area (Å²) in [6, 6.07) is 6.47. The van der Waals surface area contributed by atoms with Crippen LogP contribution in [-0.4, -0.2) is 23.0 Å². The molecule has 4 nitrogen and oxygen atoms in total. The predicted molar refractivity (Wildman–Crippen MR) is 63.1 cm³/mol. The fourth-order valence-corrected chi connectivity index (χ4v) is 1.59. The Kier molecular flexibility index (Phi) is 4.49. The smallest absolute Gasteiger partial charge is 0.325 e. The number of benzene rings is 1. The highest BCUT2D eigenvalue weighted by Crippen LogP contribution is 2.16. The Bertz CT molecular complexity index is 406. The second kappa shape index (κ2) is 5.65. The van der Waals surface area contributed by atoms with E-state index in [4.69, 9.17) is 5.11 Å². The lowest BCUT2D eigenvalue weighted by molar-refractivity contribution is -0.141. The first-order valence-corrected chi connectivity index (χ1v) is 5.55. The highest BCUT2D eigenvalue weighted by molar-refractivity contribution is 9.10. The van der Waals surface area contributed by atoms with Gasteiger partial charge in [-0.1, -0.05) is 34.1 Å². The maximum absolute atomic E-state index is 11.5. The van der Waals surface area contributed by atoms with E-state index in [1.165, 1.54) is 6.92 Å². The van der Waals surface area contributed by atoms with Crippen LogP contribution in [0, 0.1) is 0 Å². The molecule has 0 saturated carbocycles. The number of hydrogen-bond acceptors (Lipinski definition) is 2. The van der Waals surface area contributed by atoms with Crippen molar-refractivity contribution in [2.24, 2.45) is 0 Å². The fourth-order valence-electron chi connectivity index (χ4n) is 1.17. The van der Waals surface area contributed by atoms with Crippen LogP contribution in [0.3, 0.4) is 0 Å². The molecule has 1 atom stereocenters. The molecule has 1 aromatic carbocycles. The Morgan fingerprint density at radius 2 is 2.06 bits per heavy atom. The monoisotopic (exact) mass is 285 g/mol. The molecule has 0 heterocycles. The summed E-state index contributed by atoms with van der Waals surface area (Å²) >= 11 is 3.32. The molecule has 0 radical (unpaired) electrons. The van der Waals surface area contributed by atoms with Gasteiger partial charge in [0.15, 0.2) is 0 Å². The molecular formula is C11H12BrNO3. The van der Waals surface area contributed by atoms with Crippen LogP contribution in [0.2, 0.25) is 0 Å². The molecule has 1 amide bonds. The van der Waals surface area contributed by atoms with Gasteiger partial charge in [0.2, 0.25) is 5.91 Å². The minimum Gasteiger partial charge on any atom is -0.480 e. The zero-order valence-corrected chi connectivity index (χ0v) is 10.3. The first-order chi connectivity index (χ1) is 7.50. The number of carboxylic acid groups (broad SMARTS) is 1. The lowest BCUT2D eigenvalue weighted by atomic mass is 10.1. The van der Waals surface area contributed by atoms with Gasteiger partial charge >= 0.3 is 5.97 Å². The number of carboxylic acids is 1. The third-order valence-electron chi connectivity index (χ3n) is 2.06. The van der Waals surface area contributed by atoms with Crippen molar-refractivity contribution in [2.75, 3.05) is 0 Å². The van der Waals surface area contributed by atoms with Gasteiger partial charge in [0.25, 0.3) is 0 Å². The van der Waals surface area contributed by atoms with Crippen LogP contribution in [0.15, 0.2) is 28.7 Å². The summed E-state index contributed by atoms with van der Waals surface area (Å²) in [6.45, 7) is 1.43. The van der Waals surface area contributed by atoms with Crippen molar-refractivity contribution in [1.82, 2.24) is 5.32 Å². The van der Waals surface area contributed by atoms with Gasteiger partial charge in [0.1, 0.15) is 6.04 Å². The number of carbonyl (C=O) groups is 2. The van der Waals surface area contributed by atoms with E-state index in [0.717, 1.165) is 10.0 Å². The fraction of sp³-hybridized carbons (Fsp3) is 0.273. The number of nitrogens with one attached hydrogen (secondary N) is 1. The van der Waals surface area contributed by atoms with Crippen LogP contribution in [0.5, 0.6) is 0 Å². The number of carbonyl (C=O) groups excluding carboxylic acids is 1. The molecule has 86 valence electrons. The quantitative estimate of drug-likeness (QED) is 0.883. The van der Waals surface area contributed by atoms with Crippen LogP contribution in [-0.2, 0) is 16.0 Å². The van der Waals surface area contributed by atoms with Gasteiger partial charge in [-0.25, -0.2) is 0 Å². The standard InChI is InChI=1S/C11H12BrNO3/c1-7(11(15)16)13-10(14)6-8-4-2-3-5-9(8)12/h2-5,7H,6H2,1H3,(H,13,14)(H,15,16). The largest absolute Gasteiger partial charge is 0.480 e. The van der Waals surface area contributed by atoms with Crippen molar-refractivity contribution < 1.29 is 14.7 Å². The van der Waals surface area contributed by atoms with Crippen molar-refractivity contribution in [1.29, 1.82) is 0 Å². The minimum absolute atomic E-state index is 0.166. The lowest BCUT2D eigenvalue weighted by Crippen LogP contribution is -2.39. The molecule has 2 N–H and O–H groups in total. The Morgan fingerprint density at radius 3 is 2.62 bits per heavy atom. The molecule has 0 fully saturated rings. The normalized spacial score (nSPS) is 11.9. The zero-order valence-electron chi connectivity index (χ0n) is 8.74. The molecule has 16 heavy (non-hydrogen) atoms. The van der Waals surface area contributed by atoms with Gasteiger partial charge in [-0.3, -0.25) is 9.59 Å². The Morgan fingerprint density at radius 1 is 1.44 bits per heavy atom. The maximum atomic E-state index is 11.5. The summed E-state index contributed by atoms with van der Waals surface area (Å²) in [5.41, 5.74) is 0.831. The number of hydrogen-bond donors (Lipinski definition) is 2. The summed E-state index contributed by atoms with van der Waals surface area (Å²) in [6.07, 6.45) is 0.166. The van der Waals surface area contributed by atoms with E-state index in [1.54, 1.807) is 0 Å². The highest BCUT2D eigenvalue weighted by Gasteiger charge is 2.14. The first kappa shape index (κ1) is 12.7. The molecule has 1 rings (SSSR count). The third-order valence-corrected chi connectivity index (χ3v) is 2.83. The Balaban J connectivity index is 2.59. The molecular weight excluding hydrogens is 274 g/mol. The molecule has 0 saturated heterocycles. The topological polar surface area (TPSA) is 66.4 Å². The molecule has 0 spiro atoms. The molecule has 0 aliphatic carbocycles. The number of halogens is 1. The number of aliphatic carboxylic acids is 1. The molecule has 5 heteroatoms. The zero-order chi connectivity index (χ0) is 12.1. The number of amides is 1. The molecule has 0 aliphatic rings. The second-order valence-corrected chi connectivity index (χ2v) is 4.25. The van der Waals surface area contributed by atoms with Gasteiger partial charge in [-0.05, 0) is 18.6 Å². The summed E-state index contributed by atoms with van der Waals surface area (Å²) in [5.74, 6) is -1.35. The van der Waals surface area contributed by atoms with Crippen LogP contribution >= 0.6 is 15.9 Å². The van der Waals surface area contributed by atoms with E-state index < -0.39 is 12.0 Å². The van der Waals surface area contributed by atoms with Crippen molar-refractivity contribution in [3.8, 4) is 0 Å². The Labute approximate surface area is 102 Å². The van der Waals surface area contributed by atoms with Crippen LogP contribution in [0.25, 0.3) is 0 Å². The van der Waals surface area contributed by atoms with Crippen LogP contribution < -0.4 is 5.32 Å². The lowest BCUT2D eigenvalue weighted by Gasteiger charge is -2.09. The SMILES string of the molecule is CC(NC(=O)Cc1ccccc1Br)C(=O)O. The van der Waals surface area contributed by atoms with Crippen molar-refractivity contribution in [2.45, 2.75) is 19.4 Å². The summed E-state index contributed by atoms with van der Waals surface area (Å²) in [5, 5.41) is 11.0. The van der Waals surface area contributed by atoms with Gasteiger partial charge in [-0.2, -0.15) is 0 Å². The predicted octanol–water partition coefficient (Wildman–Crippen LogP) is 1.58. The van der Waals surface area contributed by atoms with E-state index in [9.17, 15) is 9.59 Å². The van der Waals surface area contributed by atoms with E-state index in [-0.39, 0.29) is 12.3 Å². The average molecular weight is 286 g/mol. The molecule has 1 unspecified atom stereocenters. The van der Waals surface area contributed by atoms with E-state index in [1.807, 2.05) is 24.3 Å². The summed E-state index contributed by atoms with van der Waals surface area (Å²) in [4.78, 5) is 22.0. The van der Waals surface area contributed by atoms with E-state index in [0.29, 0.717) is 0 Å². The van der Waals surface area contributed by atoms with Crippen molar-refractivity contribution in [3.63, 3.8) is 0 Å². The van der Waals surface area contributed by atoms with Gasteiger partial charge in [-0.15, -0.1) is 0 Å². The second-order valence-electron chi connectivity index (χ2n) is 3.40. The minimum atomic E-state index is -1.04. The van der Waals surface area contributed by atoms with E-state index >= 15 is 0 Å². The average Bonchev–Trinajstić information content (AvgIpc) is 2.21. The molecule has 0 aromatic heterocycles. The summed E-state index contributed by atoms with van der Waals surface area (Å²) in [7, 11) is 0. The van der Waals surface area contributed by atoms with Gasteiger partial charge < -0.3 is 10.4 Å². The summed E-state index contributed by atoms with van der Waals surface area (Å²) < 4.78 is 0.841. The molecule has 0 bridgehead atoms. The first-order valence-electron chi connectivity index (χ1n) is 4.76. The molecule has 1 aromatic rings. The third kappa shape index (κ3) is 3.66.